The number of nitrogens with zero attached hydrogens (tertiary/aromatic N) is 3. The van der Waals surface area contributed by atoms with Gasteiger partial charge in [-0.25, -0.2) is 4.98 Å². The predicted molar refractivity (Wildman–Crippen MR) is 104 cm³/mol. The Hall–Kier alpha value is -2.86. The highest BCUT2D eigenvalue weighted by Crippen LogP contribution is 2.29. The summed E-state index contributed by atoms with van der Waals surface area (Å²) >= 11 is 1.54. The highest BCUT2D eigenvalue weighted by atomic mass is 32.1. The molecule has 1 fully saturated rings. The van der Waals surface area contributed by atoms with E-state index in [4.69, 9.17) is 0 Å². The number of piperazine rings is 1. The molecule has 5 nitrogen and oxygen atoms in total. The van der Waals surface area contributed by atoms with Crippen LogP contribution in [-0.4, -0.2) is 47.1 Å². The number of amides is 1. The van der Waals surface area contributed by atoms with Gasteiger partial charge in [-0.15, -0.1) is 11.3 Å². The van der Waals surface area contributed by atoms with Gasteiger partial charge in [-0.3, -0.25) is 4.79 Å². The maximum Gasteiger partial charge on any atom is 0.264 e. The lowest BCUT2D eigenvalue weighted by molar-refractivity contribution is 0.0751. The fraction of sp³-hybridized carbons (Fsp3) is 0.200. The maximum atomic E-state index is 12.8. The van der Waals surface area contributed by atoms with E-state index in [1.54, 1.807) is 23.5 Å². The van der Waals surface area contributed by atoms with Crippen LogP contribution in [-0.2, 0) is 0 Å². The predicted octanol–water partition coefficient (Wildman–Crippen LogP) is 3.48. The van der Waals surface area contributed by atoms with E-state index in [9.17, 15) is 9.90 Å². The van der Waals surface area contributed by atoms with Crippen molar-refractivity contribution in [1.82, 2.24) is 9.88 Å². The van der Waals surface area contributed by atoms with Crippen LogP contribution in [0.2, 0.25) is 0 Å². The summed E-state index contributed by atoms with van der Waals surface area (Å²) in [7, 11) is 0. The minimum atomic E-state index is 0.0931. The Kier molecular flexibility index (Phi) is 4.58. The molecule has 3 heterocycles. The fourth-order valence-corrected chi connectivity index (χ4v) is 4.05. The SMILES string of the molecule is O=C(c1ccc(-c2ccccc2)s1)N1CCN(c2ccc(O)cn2)CC1. The molecule has 0 radical (unpaired) electrons. The van der Waals surface area contributed by atoms with Crippen LogP contribution in [0.25, 0.3) is 10.4 Å². The van der Waals surface area contributed by atoms with Crippen LogP contribution in [0.1, 0.15) is 9.67 Å². The molecule has 3 aromatic rings. The molecule has 1 amide bonds. The van der Waals surface area contributed by atoms with Crippen molar-refractivity contribution in [2.45, 2.75) is 0 Å². The van der Waals surface area contributed by atoms with Crippen molar-refractivity contribution in [1.29, 1.82) is 0 Å². The molecule has 0 aliphatic carbocycles. The number of pyridine rings is 1. The average Bonchev–Trinajstić information content (AvgIpc) is 3.19. The molecular weight excluding hydrogens is 346 g/mol. The second-order valence-corrected chi connectivity index (χ2v) is 7.27. The zero-order valence-electron chi connectivity index (χ0n) is 14.2. The molecule has 1 N–H and O–H groups in total. The average molecular weight is 365 g/mol. The largest absolute Gasteiger partial charge is 0.506 e. The van der Waals surface area contributed by atoms with Gasteiger partial charge in [-0.1, -0.05) is 30.3 Å². The first-order valence-electron chi connectivity index (χ1n) is 8.55. The summed E-state index contributed by atoms with van der Waals surface area (Å²) < 4.78 is 0. The van der Waals surface area contributed by atoms with E-state index in [1.165, 1.54) is 6.20 Å². The molecule has 0 saturated carbocycles. The summed E-state index contributed by atoms with van der Waals surface area (Å²) in [6.45, 7) is 2.81. The number of aromatic nitrogens is 1. The van der Waals surface area contributed by atoms with Crippen LogP contribution < -0.4 is 4.90 Å². The number of benzene rings is 1. The van der Waals surface area contributed by atoms with E-state index < -0.39 is 0 Å². The molecule has 1 aliphatic rings. The van der Waals surface area contributed by atoms with Crippen molar-refractivity contribution in [3.8, 4) is 16.2 Å². The standard InChI is InChI=1S/C20H19N3O2S/c24-16-6-9-19(21-14-16)22-10-12-23(13-11-22)20(25)18-8-7-17(26-18)15-4-2-1-3-5-15/h1-9,14,24H,10-13H2. The van der Waals surface area contributed by atoms with Crippen molar-refractivity contribution in [2.75, 3.05) is 31.1 Å². The Balaban J connectivity index is 1.41. The van der Waals surface area contributed by atoms with Crippen molar-refractivity contribution in [3.05, 3.63) is 65.7 Å². The summed E-state index contributed by atoms with van der Waals surface area (Å²) in [4.78, 5) is 23.0. The van der Waals surface area contributed by atoms with Crippen molar-refractivity contribution >= 4 is 23.1 Å². The summed E-state index contributed by atoms with van der Waals surface area (Å²) in [5.41, 5.74) is 1.14. The van der Waals surface area contributed by atoms with Crippen molar-refractivity contribution in [2.24, 2.45) is 0 Å². The fourth-order valence-electron chi connectivity index (χ4n) is 3.07. The minimum Gasteiger partial charge on any atom is -0.506 e. The molecule has 0 spiro atoms. The van der Waals surface area contributed by atoms with E-state index in [-0.39, 0.29) is 11.7 Å². The molecular formula is C20H19N3O2S. The minimum absolute atomic E-state index is 0.0931. The molecule has 26 heavy (non-hydrogen) atoms. The molecule has 132 valence electrons. The Bertz CT molecular complexity index is 885. The van der Waals surface area contributed by atoms with Crippen LogP contribution in [0.3, 0.4) is 0 Å². The second kappa shape index (κ2) is 7.17. The number of carbonyl (C=O) groups excluding carboxylic acids is 1. The lowest BCUT2D eigenvalue weighted by Crippen LogP contribution is -2.48. The van der Waals surface area contributed by atoms with Gasteiger partial charge in [-0.05, 0) is 29.8 Å². The third-order valence-corrected chi connectivity index (χ3v) is 5.62. The number of hydrogen-bond acceptors (Lipinski definition) is 5. The monoisotopic (exact) mass is 365 g/mol. The topological polar surface area (TPSA) is 56.7 Å². The molecule has 0 atom stereocenters. The Labute approximate surface area is 156 Å². The van der Waals surface area contributed by atoms with Gasteiger partial charge in [0.05, 0.1) is 11.1 Å². The Morgan fingerprint density at radius 2 is 1.73 bits per heavy atom. The number of rotatable bonds is 3. The molecule has 1 saturated heterocycles. The smallest absolute Gasteiger partial charge is 0.264 e. The van der Waals surface area contributed by atoms with E-state index in [1.807, 2.05) is 35.2 Å². The van der Waals surface area contributed by atoms with E-state index in [2.05, 4.69) is 22.0 Å². The highest BCUT2D eigenvalue weighted by molar-refractivity contribution is 7.17. The summed E-state index contributed by atoms with van der Waals surface area (Å²) in [6.07, 6.45) is 1.45. The van der Waals surface area contributed by atoms with Gasteiger partial charge in [0.25, 0.3) is 5.91 Å². The molecule has 0 unspecified atom stereocenters. The number of thiophene rings is 1. The first-order chi connectivity index (χ1) is 12.7. The first kappa shape index (κ1) is 16.6. The third-order valence-electron chi connectivity index (χ3n) is 4.50. The third kappa shape index (κ3) is 3.41. The van der Waals surface area contributed by atoms with Crippen molar-refractivity contribution < 1.29 is 9.90 Å². The van der Waals surface area contributed by atoms with Crippen LogP contribution in [0, 0.1) is 0 Å². The molecule has 1 aliphatic heterocycles. The lowest BCUT2D eigenvalue weighted by Gasteiger charge is -2.35. The quantitative estimate of drug-likeness (QED) is 0.772. The summed E-state index contributed by atoms with van der Waals surface area (Å²) in [6, 6.07) is 17.5. The summed E-state index contributed by atoms with van der Waals surface area (Å²) in [5.74, 6) is 1.09. The van der Waals surface area contributed by atoms with Gasteiger partial charge in [0.2, 0.25) is 0 Å². The number of hydrogen-bond donors (Lipinski definition) is 1. The van der Waals surface area contributed by atoms with E-state index in [0.29, 0.717) is 13.1 Å². The maximum absolute atomic E-state index is 12.8. The van der Waals surface area contributed by atoms with Gasteiger partial charge in [-0.2, -0.15) is 0 Å². The molecule has 4 rings (SSSR count). The lowest BCUT2D eigenvalue weighted by atomic mass is 10.2. The molecule has 0 bridgehead atoms. The number of anilines is 1. The van der Waals surface area contributed by atoms with Crippen LogP contribution in [0.5, 0.6) is 5.75 Å². The molecule has 6 heteroatoms. The molecule has 2 aromatic heterocycles. The van der Waals surface area contributed by atoms with E-state index in [0.717, 1.165) is 34.2 Å². The van der Waals surface area contributed by atoms with E-state index >= 15 is 0 Å². The summed E-state index contributed by atoms with van der Waals surface area (Å²) in [5, 5.41) is 9.35. The van der Waals surface area contributed by atoms with Gasteiger partial charge in [0.1, 0.15) is 11.6 Å². The van der Waals surface area contributed by atoms with Gasteiger partial charge < -0.3 is 14.9 Å². The first-order valence-corrected chi connectivity index (χ1v) is 9.37. The second-order valence-electron chi connectivity index (χ2n) is 6.18. The Morgan fingerprint density at radius 1 is 0.962 bits per heavy atom. The van der Waals surface area contributed by atoms with Gasteiger partial charge >= 0.3 is 0 Å². The molecule has 1 aromatic carbocycles. The Morgan fingerprint density at radius 3 is 2.42 bits per heavy atom. The van der Waals surface area contributed by atoms with Crippen LogP contribution in [0.15, 0.2) is 60.8 Å². The van der Waals surface area contributed by atoms with Crippen LogP contribution in [0.4, 0.5) is 5.82 Å². The zero-order valence-corrected chi connectivity index (χ0v) is 15.0. The zero-order chi connectivity index (χ0) is 17.9. The van der Waals surface area contributed by atoms with Crippen molar-refractivity contribution in [3.63, 3.8) is 0 Å². The van der Waals surface area contributed by atoms with Gasteiger partial charge in [0, 0.05) is 31.1 Å². The van der Waals surface area contributed by atoms with Gasteiger partial charge in [0.15, 0.2) is 0 Å². The number of aromatic hydroxyl groups is 1. The number of carbonyl (C=O) groups is 1. The van der Waals surface area contributed by atoms with Crippen LogP contribution >= 0.6 is 11.3 Å². The highest BCUT2D eigenvalue weighted by Gasteiger charge is 2.24. The normalized spacial score (nSPS) is 14.5.